The van der Waals surface area contributed by atoms with E-state index in [1.807, 2.05) is 19.1 Å². The van der Waals surface area contributed by atoms with Crippen molar-refractivity contribution in [2.45, 2.75) is 38.5 Å². The van der Waals surface area contributed by atoms with Crippen LogP contribution in [-0.2, 0) is 0 Å². The van der Waals surface area contributed by atoms with E-state index in [1.54, 1.807) is 6.07 Å². The van der Waals surface area contributed by atoms with Gasteiger partial charge in [-0.1, -0.05) is 30.5 Å². The molecule has 3 rings (SSSR count). The molecule has 0 atom stereocenters. The van der Waals surface area contributed by atoms with Crippen LogP contribution in [-0.4, -0.2) is 4.98 Å². The molecule has 0 radical (unpaired) electrons. The number of hydrogen-bond acceptors (Lipinski definition) is 1. The first-order valence-electron chi connectivity index (χ1n) is 6.49. The molecule has 1 aromatic carbocycles. The molecule has 1 saturated carbocycles. The standard InChI is InChI=1S/C15H16ClNO/c1-9-6-7-11(16)15-14(9)13(18)8-12(17-15)10-4-2-3-5-10/h6-8,10H,2-5H2,1H3,(H,17,18). The molecule has 94 valence electrons. The number of benzene rings is 1. The third-order valence-electron chi connectivity index (χ3n) is 3.96. The number of aromatic amines is 1. The van der Waals surface area contributed by atoms with Gasteiger partial charge in [0.25, 0.3) is 0 Å². The summed E-state index contributed by atoms with van der Waals surface area (Å²) in [6.45, 7) is 1.95. The van der Waals surface area contributed by atoms with E-state index >= 15 is 0 Å². The number of fused-ring (bicyclic) bond motifs is 1. The molecule has 2 aromatic rings. The number of halogens is 1. The first kappa shape index (κ1) is 11.8. The Hall–Kier alpha value is -1.28. The molecule has 0 aliphatic heterocycles. The average Bonchev–Trinajstić information content (AvgIpc) is 2.87. The average molecular weight is 262 g/mol. The van der Waals surface area contributed by atoms with Crippen molar-refractivity contribution in [1.82, 2.24) is 4.98 Å². The summed E-state index contributed by atoms with van der Waals surface area (Å²) in [7, 11) is 0. The fourth-order valence-corrected chi connectivity index (χ4v) is 3.18. The Morgan fingerprint density at radius 1 is 1.28 bits per heavy atom. The number of pyridine rings is 1. The molecule has 1 fully saturated rings. The second-order valence-electron chi connectivity index (χ2n) is 5.18. The third kappa shape index (κ3) is 1.85. The lowest BCUT2D eigenvalue weighted by Crippen LogP contribution is -2.09. The van der Waals surface area contributed by atoms with Crippen LogP contribution in [0.2, 0.25) is 5.02 Å². The summed E-state index contributed by atoms with van der Waals surface area (Å²) in [6.07, 6.45) is 4.86. The largest absolute Gasteiger partial charge is 0.357 e. The molecule has 0 amide bonds. The maximum atomic E-state index is 12.3. The summed E-state index contributed by atoms with van der Waals surface area (Å²) in [5, 5.41) is 1.36. The Bertz CT molecular complexity index is 653. The lowest BCUT2D eigenvalue weighted by atomic mass is 10.0. The lowest BCUT2D eigenvalue weighted by molar-refractivity contribution is 0.700. The van der Waals surface area contributed by atoms with Crippen molar-refractivity contribution in [2.24, 2.45) is 0 Å². The van der Waals surface area contributed by atoms with Crippen LogP contribution in [0.4, 0.5) is 0 Å². The predicted molar refractivity (Wildman–Crippen MR) is 75.5 cm³/mol. The van der Waals surface area contributed by atoms with Gasteiger partial charge in [0.05, 0.1) is 10.5 Å². The Labute approximate surface area is 111 Å². The molecule has 2 nitrogen and oxygen atoms in total. The third-order valence-corrected chi connectivity index (χ3v) is 4.28. The lowest BCUT2D eigenvalue weighted by Gasteiger charge is -2.12. The van der Waals surface area contributed by atoms with Crippen molar-refractivity contribution < 1.29 is 0 Å². The van der Waals surface area contributed by atoms with Gasteiger partial charge in [-0.25, -0.2) is 0 Å². The summed E-state index contributed by atoms with van der Waals surface area (Å²) in [6, 6.07) is 5.52. The van der Waals surface area contributed by atoms with E-state index in [0.717, 1.165) is 22.2 Å². The SMILES string of the molecule is Cc1ccc(Cl)c2[nH]c(C3CCCC3)cc(=O)c12. The van der Waals surface area contributed by atoms with E-state index < -0.39 is 0 Å². The molecule has 0 saturated heterocycles. The first-order valence-corrected chi connectivity index (χ1v) is 6.86. The highest BCUT2D eigenvalue weighted by Gasteiger charge is 2.19. The van der Waals surface area contributed by atoms with Crippen molar-refractivity contribution in [1.29, 1.82) is 0 Å². The predicted octanol–water partition coefficient (Wildman–Crippen LogP) is 4.15. The zero-order valence-electron chi connectivity index (χ0n) is 10.4. The van der Waals surface area contributed by atoms with E-state index in [1.165, 1.54) is 25.7 Å². The molecular formula is C15H16ClNO. The molecular weight excluding hydrogens is 246 g/mol. The minimum Gasteiger partial charge on any atom is -0.357 e. The van der Waals surface area contributed by atoms with Gasteiger partial charge in [0.15, 0.2) is 5.43 Å². The van der Waals surface area contributed by atoms with Crippen molar-refractivity contribution in [3.8, 4) is 0 Å². The van der Waals surface area contributed by atoms with E-state index in [-0.39, 0.29) is 5.43 Å². The monoisotopic (exact) mass is 261 g/mol. The van der Waals surface area contributed by atoms with Crippen LogP contribution in [0, 0.1) is 6.92 Å². The van der Waals surface area contributed by atoms with Crippen LogP contribution >= 0.6 is 11.6 Å². The highest BCUT2D eigenvalue weighted by atomic mass is 35.5. The quantitative estimate of drug-likeness (QED) is 0.822. The molecule has 0 bridgehead atoms. The van der Waals surface area contributed by atoms with Crippen molar-refractivity contribution in [3.63, 3.8) is 0 Å². The zero-order valence-corrected chi connectivity index (χ0v) is 11.2. The number of rotatable bonds is 1. The smallest absolute Gasteiger partial charge is 0.189 e. The maximum Gasteiger partial charge on any atom is 0.189 e. The van der Waals surface area contributed by atoms with Gasteiger partial charge in [-0.3, -0.25) is 4.79 Å². The Kier molecular flexibility index (Phi) is 2.90. The number of hydrogen-bond donors (Lipinski definition) is 1. The zero-order chi connectivity index (χ0) is 12.7. The van der Waals surface area contributed by atoms with Crippen LogP contribution in [0.5, 0.6) is 0 Å². The van der Waals surface area contributed by atoms with Crippen molar-refractivity contribution in [2.75, 3.05) is 0 Å². The van der Waals surface area contributed by atoms with Gasteiger partial charge in [-0.15, -0.1) is 0 Å². The summed E-state index contributed by atoms with van der Waals surface area (Å²) >= 11 is 6.21. The molecule has 3 heteroatoms. The van der Waals surface area contributed by atoms with Crippen LogP contribution in [0.1, 0.15) is 42.9 Å². The Morgan fingerprint density at radius 3 is 2.72 bits per heavy atom. The van der Waals surface area contributed by atoms with Gasteiger partial charge in [0, 0.05) is 17.1 Å². The number of H-pyrrole nitrogens is 1. The molecule has 1 aromatic heterocycles. The van der Waals surface area contributed by atoms with Crippen molar-refractivity contribution >= 4 is 22.5 Å². The fraction of sp³-hybridized carbons (Fsp3) is 0.400. The molecule has 0 unspecified atom stereocenters. The second kappa shape index (κ2) is 4.43. The maximum absolute atomic E-state index is 12.3. The van der Waals surface area contributed by atoms with E-state index in [4.69, 9.17) is 11.6 Å². The van der Waals surface area contributed by atoms with E-state index in [0.29, 0.717) is 10.9 Å². The van der Waals surface area contributed by atoms with Crippen LogP contribution in [0.15, 0.2) is 23.0 Å². The second-order valence-corrected chi connectivity index (χ2v) is 5.59. The first-order chi connectivity index (χ1) is 8.66. The number of aromatic nitrogens is 1. The summed E-state index contributed by atoms with van der Waals surface area (Å²) in [5.41, 5.74) is 2.92. The molecule has 0 spiro atoms. The molecule has 1 aliphatic carbocycles. The normalized spacial score (nSPS) is 16.6. The van der Waals surface area contributed by atoms with E-state index in [2.05, 4.69) is 4.98 Å². The number of aryl methyl sites for hydroxylation is 1. The van der Waals surface area contributed by atoms with Gasteiger partial charge < -0.3 is 4.98 Å². The van der Waals surface area contributed by atoms with Gasteiger partial charge >= 0.3 is 0 Å². The number of nitrogens with one attached hydrogen (secondary N) is 1. The highest BCUT2D eigenvalue weighted by molar-refractivity contribution is 6.35. The van der Waals surface area contributed by atoms with E-state index in [9.17, 15) is 4.79 Å². The molecule has 1 aliphatic rings. The summed E-state index contributed by atoms with van der Waals surface area (Å²) < 4.78 is 0. The minimum atomic E-state index is 0.0886. The van der Waals surface area contributed by atoms with Gasteiger partial charge in [-0.05, 0) is 37.3 Å². The topological polar surface area (TPSA) is 32.9 Å². The van der Waals surface area contributed by atoms with Gasteiger partial charge in [0.2, 0.25) is 0 Å². The van der Waals surface area contributed by atoms with Crippen LogP contribution in [0.25, 0.3) is 10.9 Å². The van der Waals surface area contributed by atoms with Crippen LogP contribution < -0.4 is 5.43 Å². The minimum absolute atomic E-state index is 0.0886. The van der Waals surface area contributed by atoms with Crippen LogP contribution in [0.3, 0.4) is 0 Å². The Balaban J connectivity index is 2.26. The molecule has 18 heavy (non-hydrogen) atoms. The summed E-state index contributed by atoms with van der Waals surface area (Å²) in [4.78, 5) is 15.6. The van der Waals surface area contributed by atoms with Crippen molar-refractivity contribution in [3.05, 3.63) is 44.7 Å². The summed E-state index contributed by atoms with van der Waals surface area (Å²) in [5.74, 6) is 0.499. The fourth-order valence-electron chi connectivity index (χ4n) is 2.97. The Morgan fingerprint density at radius 2 is 2.00 bits per heavy atom. The highest BCUT2D eigenvalue weighted by Crippen LogP contribution is 2.34. The van der Waals surface area contributed by atoms with Gasteiger partial charge in [-0.2, -0.15) is 0 Å². The molecule has 1 heterocycles. The molecule has 1 N–H and O–H groups in total. The van der Waals surface area contributed by atoms with Gasteiger partial charge in [0.1, 0.15) is 0 Å².